The molecule has 8 nitrogen and oxygen atoms in total. The van der Waals surface area contributed by atoms with E-state index in [1.54, 1.807) is 24.3 Å². The highest BCUT2D eigenvalue weighted by atomic mass is 35.5. The van der Waals surface area contributed by atoms with Crippen LogP contribution >= 0.6 is 11.6 Å². The third kappa shape index (κ3) is 3.41. The van der Waals surface area contributed by atoms with Crippen LogP contribution in [0.25, 0.3) is 6.08 Å². The van der Waals surface area contributed by atoms with Crippen molar-refractivity contribution < 1.29 is 19.9 Å². The minimum absolute atomic E-state index is 0.00417. The van der Waals surface area contributed by atoms with E-state index < -0.39 is 12.0 Å². The maximum atomic E-state index is 12.5. The summed E-state index contributed by atoms with van der Waals surface area (Å²) in [6.45, 7) is 0.783. The van der Waals surface area contributed by atoms with Crippen LogP contribution in [0.5, 0.6) is 0 Å². The molecule has 9 heteroatoms. The van der Waals surface area contributed by atoms with Crippen LogP contribution in [-0.4, -0.2) is 50.5 Å². The number of hydrogen-bond donors (Lipinski definition) is 3. The Morgan fingerprint density at radius 3 is 2.52 bits per heavy atom. The van der Waals surface area contributed by atoms with E-state index in [2.05, 4.69) is 10.2 Å². The average Bonchev–Trinajstić information content (AvgIpc) is 3.39. The van der Waals surface area contributed by atoms with Crippen LogP contribution in [0.15, 0.2) is 29.8 Å². The molecule has 140 valence electrons. The molecule has 1 aromatic carbocycles. The number of aromatic nitrogens is 2. The van der Waals surface area contributed by atoms with Crippen LogP contribution in [0.4, 0.5) is 10.5 Å². The predicted molar refractivity (Wildman–Crippen MR) is 98.2 cm³/mol. The topological polar surface area (TPSA) is 110 Å². The smallest absolute Gasteiger partial charge is 0.407 e. The number of halogens is 1. The SMILES string of the molecule is O=C(O)N1CC(=Cc2ccc(N(O)C(=O)c3n[nH]c(C4CC4)c3Cl)cc2)C1. The Labute approximate surface area is 159 Å². The molecular weight excluding hydrogens is 372 g/mol. The first-order valence-corrected chi connectivity index (χ1v) is 8.86. The van der Waals surface area contributed by atoms with Gasteiger partial charge in [-0.25, -0.2) is 4.79 Å². The standard InChI is InChI=1S/C18H17ClN4O4/c19-14-15(12-3-4-12)20-21-16(14)17(24)23(27)13-5-1-10(2-6-13)7-11-8-22(9-11)18(25)26/h1-2,5-7,12,27H,3-4,8-9H2,(H,20,21)(H,25,26). The summed E-state index contributed by atoms with van der Waals surface area (Å²) in [5.41, 5.74) is 2.88. The molecule has 4 rings (SSSR count). The molecule has 0 unspecified atom stereocenters. The summed E-state index contributed by atoms with van der Waals surface area (Å²) in [6, 6.07) is 6.68. The molecule has 2 aromatic rings. The summed E-state index contributed by atoms with van der Waals surface area (Å²) in [6.07, 6.45) is 2.98. The number of benzene rings is 1. The molecule has 1 aromatic heterocycles. The second kappa shape index (κ2) is 6.71. The second-order valence-electron chi connectivity index (χ2n) is 6.72. The molecule has 0 atom stereocenters. The van der Waals surface area contributed by atoms with E-state index in [1.807, 2.05) is 6.08 Å². The Hall–Kier alpha value is -2.84. The quantitative estimate of drug-likeness (QED) is 0.549. The molecule has 0 spiro atoms. The number of H-pyrrole nitrogens is 1. The van der Waals surface area contributed by atoms with Gasteiger partial charge in [-0.1, -0.05) is 29.8 Å². The van der Waals surface area contributed by atoms with E-state index in [0.29, 0.717) is 24.1 Å². The van der Waals surface area contributed by atoms with E-state index in [9.17, 15) is 14.8 Å². The van der Waals surface area contributed by atoms with Crippen molar-refractivity contribution in [1.82, 2.24) is 15.1 Å². The Morgan fingerprint density at radius 2 is 1.93 bits per heavy atom. The van der Waals surface area contributed by atoms with Crippen molar-refractivity contribution in [3.05, 3.63) is 51.8 Å². The largest absolute Gasteiger partial charge is 0.465 e. The minimum atomic E-state index is -0.932. The number of carbonyl (C=O) groups excluding carboxylic acids is 1. The van der Waals surface area contributed by atoms with Crippen LogP contribution in [0, 0.1) is 0 Å². The molecule has 0 bridgehead atoms. The van der Waals surface area contributed by atoms with E-state index in [1.165, 1.54) is 4.90 Å². The highest BCUT2D eigenvalue weighted by Gasteiger charge is 2.32. The third-order valence-corrected chi connectivity index (χ3v) is 5.06. The number of hydroxylamine groups is 1. The highest BCUT2D eigenvalue weighted by Crippen LogP contribution is 2.43. The molecule has 2 fully saturated rings. The van der Waals surface area contributed by atoms with Crippen LogP contribution in [-0.2, 0) is 0 Å². The molecule has 2 heterocycles. The molecule has 3 N–H and O–H groups in total. The Morgan fingerprint density at radius 1 is 1.26 bits per heavy atom. The van der Waals surface area contributed by atoms with Crippen molar-refractivity contribution in [2.75, 3.05) is 18.2 Å². The number of anilines is 1. The molecule has 2 amide bonds. The molecule has 1 aliphatic heterocycles. The fraction of sp³-hybridized carbons (Fsp3) is 0.278. The summed E-state index contributed by atoms with van der Waals surface area (Å²) in [5.74, 6) is -0.389. The number of likely N-dealkylation sites (tertiary alicyclic amines) is 1. The average molecular weight is 389 g/mol. The maximum absolute atomic E-state index is 12.5. The van der Waals surface area contributed by atoms with Crippen molar-refractivity contribution in [2.24, 2.45) is 0 Å². The van der Waals surface area contributed by atoms with Crippen molar-refractivity contribution in [2.45, 2.75) is 18.8 Å². The minimum Gasteiger partial charge on any atom is -0.465 e. The summed E-state index contributed by atoms with van der Waals surface area (Å²) in [5, 5.41) is 26.6. The number of amides is 2. The van der Waals surface area contributed by atoms with Gasteiger partial charge in [0.25, 0.3) is 0 Å². The van der Waals surface area contributed by atoms with Gasteiger partial charge in [-0.15, -0.1) is 0 Å². The van der Waals surface area contributed by atoms with Crippen LogP contribution in [0.2, 0.25) is 5.02 Å². The predicted octanol–water partition coefficient (Wildman–Crippen LogP) is 3.35. The Balaban J connectivity index is 1.45. The van der Waals surface area contributed by atoms with Gasteiger partial charge in [0.05, 0.1) is 16.4 Å². The number of carboxylic acid groups (broad SMARTS) is 1. The number of carbonyl (C=O) groups is 2. The molecule has 2 aliphatic rings. The normalized spacial score (nSPS) is 16.1. The van der Waals surface area contributed by atoms with Gasteiger partial charge in [0.1, 0.15) is 0 Å². The summed E-state index contributed by atoms with van der Waals surface area (Å²) >= 11 is 6.22. The lowest BCUT2D eigenvalue weighted by Crippen LogP contribution is -2.43. The molecule has 1 saturated heterocycles. The molecule has 27 heavy (non-hydrogen) atoms. The first kappa shape index (κ1) is 17.6. The number of nitrogens with one attached hydrogen (secondary N) is 1. The van der Waals surface area contributed by atoms with Crippen LogP contribution < -0.4 is 5.06 Å². The molecule has 0 radical (unpaired) electrons. The van der Waals surface area contributed by atoms with Gasteiger partial charge in [-0.3, -0.25) is 15.1 Å². The van der Waals surface area contributed by atoms with Crippen molar-refractivity contribution in [3.8, 4) is 0 Å². The van der Waals surface area contributed by atoms with Crippen LogP contribution in [0.3, 0.4) is 0 Å². The van der Waals surface area contributed by atoms with Gasteiger partial charge in [0.15, 0.2) is 5.69 Å². The monoisotopic (exact) mass is 388 g/mol. The lowest BCUT2D eigenvalue weighted by Gasteiger charge is -2.31. The number of nitrogens with zero attached hydrogens (tertiary/aromatic N) is 3. The lowest BCUT2D eigenvalue weighted by atomic mass is 10.0. The highest BCUT2D eigenvalue weighted by molar-refractivity contribution is 6.34. The molecule has 1 aliphatic carbocycles. The second-order valence-corrected chi connectivity index (χ2v) is 7.10. The number of rotatable bonds is 4. The zero-order valence-corrected chi connectivity index (χ0v) is 15.0. The zero-order valence-electron chi connectivity index (χ0n) is 14.2. The molecular formula is C18H17ClN4O4. The van der Waals surface area contributed by atoms with Gasteiger partial charge in [0, 0.05) is 19.0 Å². The van der Waals surface area contributed by atoms with Gasteiger partial charge in [0.2, 0.25) is 0 Å². The van der Waals surface area contributed by atoms with Gasteiger partial charge >= 0.3 is 12.0 Å². The van der Waals surface area contributed by atoms with E-state index in [-0.39, 0.29) is 16.4 Å². The van der Waals surface area contributed by atoms with Gasteiger partial charge < -0.3 is 10.0 Å². The third-order valence-electron chi connectivity index (χ3n) is 4.68. The number of aromatic amines is 1. The summed E-state index contributed by atoms with van der Waals surface area (Å²) in [4.78, 5) is 24.5. The van der Waals surface area contributed by atoms with Crippen molar-refractivity contribution in [1.29, 1.82) is 0 Å². The zero-order chi connectivity index (χ0) is 19.1. The molecule has 1 saturated carbocycles. The van der Waals surface area contributed by atoms with Gasteiger partial charge in [-0.05, 0) is 36.1 Å². The Bertz CT molecular complexity index is 925. The van der Waals surface area contributed by atoms with Crippen molar-refractivity contribution >= 4 is 35.4 Å². The van der Waals surface area contributed by atoms with E-state index >= 15 is 0 Å². The fourth-order valence-corrected chi connectivity index (χ4v) is 3.28. The Kier molecular flexibility index (Phi) is 4.37. The fourth-order valence-electron chi connectivity index (χ4n) is 2.96. The van der Waals surface area contributed by atoms with Crippen molar-refractivity contribution in [3.63, 3.8) is 0 Å². The summed E-state index contributed by atoms with van der Waals surface area (Å²) < 4.78 is 0. The van der Waals surface area contributed by atoms with Crippen LogP contribution in [0.1, 0.15) is 40.5 Å². The first-order valence-electron chi connectivity index (χ1n) is 8.48. The summed E-state index contributed by atoms with van der Waals surface area (Å²) in [7, 11) is 0. The van der Waals surface area contributed by atoms with E-state index in [0.717, 1.165) is 29.7 Å². The first-order chi connectivity index (χ1) is 12.9. The lowest BCUT2D eigenvalue weighted by molar-refractivity contribution is 0.0849. The number of hydrogen-bond acceptors (Lipinski definition) is 4. The van der Waals surface area contributed by atoms with E-state index in [4.69, 9.17) is 16.7 Å². The van der Waals surface area contributed by atoms with Gasteiger partial charge in [-0.2, -0.15) is 10.2 Å². The maximum Gasteiger partial charge on any atom is 0.407 e.